The summed E-state index contributed by atoms with van der Waals surface area (Å²) in [4.78, 5) is 14.0. The topological polar surface area (TPSA) is 29.5 Å². The van der Waals surface area contributed by atoms with Gasteiger partial charge in [0.1, 0.15) is 5.75 Å². The molecule has 0 radical (unpaired) electrons. The van der Waals surface area contributed by atoms with Gasteiger partial charge in [0.2, 0.25) is 0 Å². The minimum atomic E-state index is 0.0262. The Kier molecular flexibility index (Phi) is 4.94. The van der Waals surface area contributed by atoms with E-state index in [-0.39, 0.29) is 12.5 Å². The summed E-state index contributed by atoms with van der Waals surface area (Å²) >= 11 is 11.7. The summed E-state index contributed by atoms with van der Waals surface area (Å²) in [7, 11) is 0. The van der Waals surface area contributed by atoms with Crippen LogP contribution in [-0.4, -0.2) is 30.0 Å². The van der Waals surface area contributed by atoms with Crippen LogP contribution in [-0.2, 0) is 4.79 Å². The molecule has 1 aromatic rings. The van der Waals surface area contributed by atoms with E-state index in [9.17, 15) is 4.79 Å². The number of benzene rings is 1. The number of nitrogens with zero attached hydrogens (tertiary/aromatic N) is 1. The maximum atomic E-state index is 12.1. The molecule has 1 unspecified atom stereocenters. The van der Waals surface area contributed by atoms with E-state index in [1.54, 1.807) is 18.2 Å². The molecule has 5 heteroatoms. The van der Waals surface area contributed by atoms with Gasteiger partial charge in [0.05, 0.1) is 10.0 Å². The molecule has 3 nitrogen and oxygen atoms in total. The first-order valence-electron chi connectivity index (χ1n) is 6.45. The summed E-state index contributed by atoms with van der Waals surface area (Å²) in [6.07, 6.45) is 3.33. The number of carbonyl (C=O) groups excluding carboxylic acids is 1. The smallest absolute Gasteiger partial charge is 0.260 e. The van der Waals surface area contributed by atoms with E-state index in [4.69, 9.17) is 27.9 Å². The molecular weight excluding hydrogens is 285 g/mol. The van der Waals surface area contributed by atoms with Crippen molar-refractivity contribution in [3.63, 3.8) is 0 Å². The van der Waals surface area contributed by atoms with Gasteiger partial charge in [0, 0.05) is 18.7 Å². The Hall–Kier alpha value is -0.930. The Labute approximate surface area is 123 Å². The summed E-state index contributed by atoms with van der Waals surface area (Å²) in [5.41, 5.74) is 0. The Morgan fingerprint density at radius 3 is 2.84 bits per heavy atom. The SMILES string of the molecule is CC1CCCCN1C(=O)COc1ccc(Cl)c(Cl)c1. The van der Waals surface area contributed by atoms with Crippen molar-refractivity contribution in [2.75, 3.05) is 13.2 Å². The van der Waals surface area contributed by atoms with Gasteiger partial charge < -0.3 is 9.64 Å². The van der Waals surface area contributed by atoms with E-state index in [0.29, 0.717) is 21.8 Å². The first-order chi connectivity index (χ1) is 9.08. The maximum Gasteiger partial charge on any atom is 0.260 e. The summed E-state index contributed by atoms with van der Waals surface area (Å²) < 4.78 is 5.47. The molecule has 1 aromatic carbocycles. The van der Waals surface area contributed by atoms with E-state index in [2.05, 4.69) is 6.92 Å². The number of rotatable bonds is 3. The normalized spacial score (nSPS) is 19.3. The van der Waals surface area contributed by atoms with Gasteiger partial charge in [-0.15, -0.1) is 0 Å². The van der Waals surface area contributed by atoms with Crippen molar-refractivity contribution < 1.29 is 9.53 Å². The zero-order valence-corrected chi connectivity index (χ0v) is 12.4. The third kappa shape index (κ3) is 3.77. The Morgan fingerprint density at radius 1 is 1.37 bits per heavy atom. The third-order valence-electron chi connectivity index (χ3n) is 3.38. The first kappa shape index (κ1) is 14.5. The molecule has 1 atom stereocenters. The minimum Gasteiger partial charge on any atom is -0.484 e. The molecule has 0 N–H and O–H groups in total. The van der Waals surface area contributed by atoms with Crippen LogP contribution in [0.5, 0.6) is 5.75 Å². The molecule has 0 aromatic heterocycles. The zero-order valence-electron chi connectivity index (χ0n) is 10.9. The van der Waals surface area contributed by atoms with Crippen LogP contribution in [0.4, 0.5) is 0 Å². The molecule has 1 aliphatic rings. The van der Waals surface area contributed by atoms with Crippen LogP contribution in [0, 0.1) is 0 Å². The first-order valence-corrected chi connectivity index (χ1v) is 7.21. The van der Waals surface area contributed by atoms with Crippen molar-refractivity contribution >= 4 is 29.1 Å². The van der Waals surface area contributed by atoms with E-state index < -0.39 is 0 Å². The fraction of sp³-hybridized carbons (Fsp3) is 0.500. The summed E-state index contributed by atoms with van der Waals surface area (Å²) in [5, 5.41) is 0.906. The molecule has 1 aliphatic heterocycles. The van der Waals surface area contributed by atoms with Gasteiger partial charge in [0.15, 0.2) is 6.61 Å². The van der Waals surface area contributed by atoms with E-state index in [1.165, 1.54) is 6.42 Å². The highest BCUT2D eigenvalue weighted by atomic mass is 35.5. The Morgan fingerprint density at radius 2 is 2.16 bits per heavy atom. The van der Waals surface area contributed by atoms with Gasteiger partial charge in [-0.05, 0) is 38.3 Å². The maximum absolute atomic E-state index is 12.1. The summed E-state index contributed by atoms with van der Waals surface area (Å²) in [5.74, 6) is 0.589. The number of likely N-dealkylation sites (tertiary alicyclic amines) is 1. The third-order valence-corrected chi connectivity index (χ3v) is 4.12. The van der Waals surface area contributed by atoms with Gasteiger partial charge >= 0.3 is 0 Å². The van der Waals surface area contributed by atoms with Crippen LogP contribution >= 0.6 is 23.2 Å². The number of carbonyl (C=O) groups is 1. The largest absolute Gasteiger partial charge is 0.484 e. The standard InChI is InChI=1S/C14H17Cl2NO2/c1-10-4-2-3-7-17(10)14(18)9-19-11-5-6-12(15)13(16)8-11/h5-6,8,10H,2-4,7,9H2,1H3. The van der Waals surface area contributed by atoms with Crippen molar-refractivity contribution in [1.82, 2.24) is 4.90 Å². The molecule has 104 valence electrons. The lowest BCUT2D eigenvalue weighted by Gasteiger charge is -2.33. The highest BCUT2D eigenvalue weighted by Gasteiger charge is 2.23. The van der Waals surface area contributed by atoms with E-state index in [1.807, 2.05) is 4.90 Å². The zero-order chi connectivity index (χ0) is 13.8. The number of halogens is 2. The predicted molar refractivity (Wildman–Crippen MR) is 77.0 cm³/mol. The van der Waals surface area contributed by atoms with Crippen molar-refractivity contribution in [3.05, 3.63) is 28.2 Å². The number of hydrogen-bond donors (Lipinski definition) is 0. The molecule has 1 saturated heterocycles. The lowest BCUT2D eigenvalue weighted by atomic mass is 10.0. The number of ether oxygens (including phenoxy) is 1. The molecule has 0 bridgehead atoms. The van der Waals surface area contributed by atoms with Gasteiger partial charge in [-0.1, -0.05) is 23.2 Å². The Bertz CT molecular complexity index is 465. The average Bonchev–Trinajstić information content (AvgIpc) is 2.40. The van der Waals surface area contributed by atoms with Crippen LogP contribution in [0.3, 0.4) is 0 Å². The molecule has 0 saturated carbocycles. The quantitative estimate of drug-likeness (QED) is 0.850. The van der Waals surface area contributed by atoms with E-state index >= 15 is 0 Å². The fourth-order valence-electron chi connectivity index (χ4n) is 2.26. The molecule has 1 fully saturated rings. The molecule has 1 heterocycles. The highest BCUT2D eigenvalue weighted by Crippen LogP contribution is 2.26. The Balaban J connectivity index is 1.90. The lowest BCUT2D eigenvalue weighted by molar-refractivity contribution is -0.136. The number of amides is 1. The van der Waals surface area contributed by atoms with Crippen molar-refractivity contribution in [3.8, 4) is 5.75 Å². The summed E-state index contributed by atoms with van der Waals surface area (Å²) in [6, 6.07) is 5.30. The fourth-order valence-corrected chi connectivity index (χ4v) is 2.55. The second kappa shape index (κ2) is 6.49. The van der Waals surface area contributed by atoms with Crippen molar-refractivity contribution in [2.24, 2.45) is 0 Å². The van der Waals surface area contributed by atoms with Crippen LogP contribution in [0.15, 0.2) is 18.2 Å². The molecule has 19 heavy (non-hydrogen) atoms. The average molecular weight is 302 g/mol. The molecule has 0 aliphatic carbocycles. The second-order valence-corrected chi connectivity index (χ2v) is 5.61. The molecular formula is C14H17Cl2NO2. The van der Waals surface area contributed by atoms with Gasteiger partial charge in [-0.25, -0.2) is 0 Å². The van der Waals surface area contributed by atoms with Crippen LogP contribution in [0.1, 0.15) is 26.2 Å². The lowest BCUT2D eigenvalue weighted by Crippen LogP contribution is -2.44. The monoisotopic (exact) mass is 301 g/mol. The predicted octanol–water partition coefficient (Wildman–Crippen LogP) is 3.77. The van der Waals surface area contributed by atoms with Crippen LogP contribution in [0.2, 0.25) is 10.0 Å². The molecule has 1 amide bonds. The molecule has 0 spiro atoms. The van der Waals surface area contributed by atoms with Crippen molar-refractivity contribution in [1.29, 1.82) is 0 Å². The van der Waals surface area contributed by atoms with Crippen LogP contribution < -0.4 is 4.74 Å². The van der Waals surface area contributed by atoms with Gasteiger partial charge in [-0.2, -0.15) is 0 Å². The highest BCUT2D eigenvalue weighted by molar-refractivity contribution is 6.42. The minimum absolute atomic E-state index is 0.0262. The van der Waals surface area contributed by atoms with E-state index in [0.717, 1.165) is 19.4 Å². The van der Waals surface area contributed by atoms with Crippen molar-refractivity contribution in [2.45, 2.75) is 32.2 Å². The van der Waals surface area contributed by atoms with Gasteiger partial charge in [0.25, 0.3) is 5.91 Å². The van der Waals surface area contributed by atoms with Crippen LogP contribution in [0.25, 0.3) is 0 Å². The molecule has 2 rings (SSSR count). The number of piperidine rings is 1. The second-order valence-electron chi connectivity index (χ2n) is 4.80. The van der Waals surface area contributed by atoms with Gasteiger partial charge in [-0.3, -0.25) is 4.79 Å². The summed E-state index contributed by atoms with van der Waals surface area (Å²) in [6.45, 7) is 2.95. The number of hydrogen-bond acceptors (Lipinski definition) is 2.